The number of carbonyl (C=O) groups is 2. The Kier molecular flexibility index (Phi) is 4.91. The summed E-state index contributed by atoms with van der Waals surface area (Å²) in [6.45, 7) is 6.77. The summed E-state index contributed by atoms with van der Waals surface area (Å²) in [5, 5.41) is 9.18. The molecule has 0 fully saturated rings. The number of hydrogen-bond donors (Lipinski definition) is 1. The highest BCUT2D eigenvalue weighted by Gasteiger charge is 2.36. The molecular weight excluding hydrogens is 258 g/mol. The molecule has 1 aromatic rings. The van der Waals surface area contributed by atoms with Crippen LogP contribution in [0.1, 0.15) is 24.2 Å². The monoisotopic (exact) mass is 277 g/mol. The van der Waals surface area contributed by atoms with Crippen molar-refractivity contribution in [2.24, 2.45) is 0 Å². The fourth-order valence-electron chi connectivity index (χ4n) is 1.50. The van der Waals surface area contributed by atoms with Crippen LogP contribution in [0.5, 0.6) is 5.75 Å². The number of carbonyl (C=O) groups excluding carboxylic acids is 1. The van der Waals surface area contributed by atoms with Gasteiger partial charge in [0.15, 0.2) is 0 Å². The molecule has 0 aliphatic rings. The summed E-state index contributed by atoms with van der Waals surface area (Å²) < 4.78 is 5.42. The Balaban J connectivity index is 3.09. The zero-order valence-electron chi connectivity index (χ0n) is 11.9. The number of ether oxygens (including phenoxy) is 1. The SMILES string of the molecule is C=CCOc1ccccc1C(=O)N(C)C(C)(C)C(=O)O. The first-order valence-corrected chi connectivity index (χ1v) is 6.16. The van der Waals surface area contributed by atoms with E-state index in [9.17, 15) is 14.7 Å². The van der Waals surface area contributed by atoms with Crippen LogP contribution in [0, 0.1) is 0 Å². The van der Waals surface area contributed by atoms with Gasteiger partial charge < -0.3 is 14.7 Å². The lowest BCUT2D eigenvalue weighted by atomic mass is 10.0. The molecule has 0 aliphatic heterocycles. The van der Waals surface area contributed by atoms with Gasteiger partial charge in [-0.15, -0.1) is 0 Å². The zero-order valence-corrected chi connectivity index (χ0v) is 11.9. The van der Waals surface area contributed by atoms with Crippen molar-refractivity contribution in [1.82, 2.24) is 4.90 Å². The lowest BCUT2D eigenvalue weighted by Gasteiger charge is -2.31. The maximum atomic E-state index is 12.4. The Morgan fingerprint density at radius 2 is 2.00 bits per heavy atom. The minimum absolute atomic E-state index is 0.274. The van der Waals surface area contributed by atoms with E-state index in [1.165, 1.54) is 25.8 Å². The third-order valence-electron chi connectivity index (χ3n) is 3.14. The standard InChI is InChI=1S/C15H19NO4/c1-5-10-20-12-9-7-6-8-11(12)13(17)16(4)15(2,3)14(18)19/h5-9H,1,10H2,2-4H3,(H,18,19). The van der Waals surface area contributed by atoms with Crippen LogP contribution in [-0.2, 0) is 4.79 Å². The fraction of sp³-hybridized carbons (Fsp3) is 0.333. The number of likely N-dealkylation sites (N-methyl/N-ethyl adjacent to an activating group) is 1. The second-order valence-electron chi connectivity index (χ2n) is 4.82. The quantitative estimate of drug-likeness (QED) is 0.809. The van der Waals surface area contributed by atoms with Gasteiger partial charge in [0, 0.05) is 7.05 Å². The first-order chi connectivity index (χ1) is 9.32. The number of amides is 1. The molecule has 0 atom stereocenters. The van der Waals surface area contributed by atoms with Gasteiger partial charge >= 0.3 is 5.97 Å². The Morgan fingerprint density at radius 3 is 2.55 bits per heavy atom. The van der Waals surface area contributed by atoms with Gasteiger partial charge in [-0.2, -0.15) is 0 Å². The fourth-order valence-corrected chi connectivity index (χ4v) is 1.50. The average Bonchev–Trinajstić information content (AvgIpc) is 2.43. The van der Waals surface area contributed by atoms with Crippen LogP contribution in [0.15, 0.2) is 36.9 Å². The third-order valence-corrected chi connectivity index (χ3v) is 3.14. The molecule has 0 aliphatic carbocycles. The topological polar surface area (TPSA) is 66.8 Å². The minimum atomic E-state index is -1.30. The molecule has 0 saturated heterocycles. The lowest BCUT2D eigenvalue weighted by Crippen LogP contribution is -2.50. The summed E-state index contributed by atoms with van der Waals surface area (Å²) in [5.74, 6) is -1.07. The molecular formula is C15H19NO4. The van der Waals surface area contributed by atoms with E-state index in [-0.39, 0.29) is 6.61 Å². The second-order valence-corrected chi connectivity index (χ2v) is 4.82. The number of aliphatic carboxylic acids is 1. The molecule has 108 valence electrons. The number of carboxylic acids is 1. The average molecular weight is 277 g/mol. The van der Waals surface area contributed by atoms with Gasteiger partial charge in [0.2, 0.25) is 0 Å². The summed E-state index contributed by atoms with van der Waals surface area (Å²) in [5.41, 5.74) is -0.978. The maximum absolute atomic E-state index is 12.4. The molecule has 5 nitrogen and oxygen atoms in total. The van der Waals surface area contributed by atoms with Crippen molar-refractivity contribution in [2.45, 2.75) is 19.4 Å². The van der Waals surface area contributed by atoms with E-state index in [4.69, 9.17) is 4.74 Å². The normalized spacial score (nSPS) is 10.8. The molecule has 5 heteroatoms. The van der Waals surface area contributed by atoms with Gasteiger partial charge in [-0.1, -0.05) is 24.8 Å². The Labute approximate surface area is 118 Å². The molecule has 0 saturated carbocycles. The summed E-state index contributed by atoms with van der Waals surface area (Å²) in [6.07, 6.45) is 1.58. The molecule has 0 radical (unpaired) electrons. The van der Waals surface area contributed by atoms with Gasteiger partial charge in [0.25, 0.3) is 5.91 Å². The van der Waals surface area contributed by atoms with Crippen LogP contribution in [0.25, 0.3) is 0 Å². The maximum Gasteiger partial charge on any atom is 0.329 e. The summed E-state index contributed by atoms with van der Waals surface area (Å²) >= 11 is 0. The molecule has 1 rings (SSSR count). The summed E-state index contributed by atoms with van der Waals surface area (Å²) in [4.78, 5) is 24.8. The number of nitrogens with zero attached hydrogens (tertiary/aromatic N) is 1. The largest absolute Gasteiger partial charge is 0.489 e. The van der Waals surface area contributed by atoms with Gasteiger partial charge in [-0.3, -0.25) is 4.79 Å². The van der Waals surface area contributed by atoms with Crippen molar-refractivity contribution in [2.75, 3.05) is 13.7 Å². The van der Waals surface area contributed by atoms with Crippen molar-refractivity contribution in [3.05, 3.63) is 42.5 Å². The first kappa shape index (κ1) is 15.8. The molecule has 0 bridgehead atoms. The molecule has 1 aromatic carbocycles. The van der Waals surface area contributed by atoms with Crippen molar-refractivity contribution in [3.8, 4) is 5.75 Å². The van der Waals surface area contributed by atoms with Crippen LogP contribution >= 0.6 is 0 Å². The van der Waals surface area contributed by atoms with Crippen LogP contribution < -0.4 is 4.74 Å². The summed E-state index contributed by atoms with van der Waals surface area (Å²) in [7, 11) is 1.46. The zero-order chi connectivity index (χ0) is 15.3. The van der Waals surface area contributed by atoms with Gasteiger partial charge in [-0.25, -0.2) is 4.79 Å². The van der Waals surface area contributed by atoms with Gasteiger partial charge in [0.1, 0.15) is 17.9 Å². The molecule has 1 amide bonds. The van der Waals surface area contributed by atoms with E-state index >= 15 is 0 Å². The Morgan fingerprint density at radius 1 is 1.40 bits per heavy atom. The molecule has 0 spiro atoms. The first-order valence-electron chi connectivity index (χ1n) is 6.16. The van der Waals surface area contributed by atoms with E-state index in [1.54, 1.807) is 30.3 Å². The van der Waals surface area contributed by atoms with Gasteiger partial charge in [-0.05, 0) is 26.0 Å². The Hall–Kier alpha value is -2.30. The number of carboxylic acid groups (broad SMARTS) is 1. The van der Waals surface area contributed by atoms with E-state index in [0.717, 1.165) is 0 Å². The molecule has 1 N–H and O–H groups in total. The lowest BCUT2D eigenvalue weighted by molar-refractivity contribution is -0.147. The van der Waals surface area contributed by atoms with Gasteiger partial charge in [0.05, 0.1) is 5.56 Å². The number of rotatable bonds is 6. The number of hydrogen-bond acceptors (Lipinski definition) is 3. The number of benzene rings is 1. The minimum Gasteiger partial charge on any atom is -0.489 e. The highest BCUT2D eigenvalue weighted by atomic mass is 16.5. The van der Waals surface area contributed by atoms with Crippen LogP contribution in [0.2, 0.25) is 0 Å². The van der Waals surface area contributed by atoms with E-state index in [1.807, 2.05) is 0 Å². The number of para-hydroxylation sites is 1. The molecule has 0 heterocycles. The van der Waals surface area contributed by atoms with Crippen molar-refractivity contribution < 1.29 is 19.4 Å². The summed E-state index contributed by atoms with van der Waals surface area (Å²) in [6, 6.07) is 6.72. The molecule has 0 aromatic heterocycles. The van der Waals surface area contributed by atoms with Crippen molar-refractivity contribution in [1.29, 1.82) is 0 Å². The van der Waals surface area contributed by atoms with Crippen LogP contribution in [0.4, 0.5) is 0 Å². The highest BCUT2D eigenvalue weighted by Crippen LogP contribution is 2.23. The van der Waals surface area contributed by atoms with Crippen molar-refractivity contribution in [3.63, 3.8) is 0 Å². The van der Waals surface area contributed by atoms with E-state index in [2.05, 4.69) is 6.58 Å². The van der Waals surface area contributed by atoms with E-state index < -0.39 is 17.4 Å². The Bertz CT molecular complexity index is 522. The predicted octanol–water partition coefficient (Wildman–Crippen LogP) is 2.19. The second kappa shape index (κ2) is 6.23. The predicted molar refractivity (Wildman–Crippen MR) is 75.9 cm³/mol. The van der Waals surface area contributed by atoms with Crippen LogP contribution in [0.3, 0.4) is 0 Å². The van der Waals surface area contributed by atoms with Crippen molar-refractivity contribution >= 4 is 11.9 Å². The highest BCUT2D eigenvalue weighted by molar-refractivity contribution is 5.99. The molecule has 0 unspecified atom stereocenters. The van der Waals surface area contributed by atoms with E-state index in [0.29, 0.717) is 11.3 Å². The van der Waals surface area contributed by atoms with Crippen LogP contribution in [-0.4, -0.2) is 41.1 Å². The smallest absolute Gasteiger partial charge is 0.329 e. The molecule has 20 heavy (non-hydrogen) atoms. The third kappa shape index (κ3) is 3.17.